The van der Waals surface area contributed by atoms with E-state index in [0.717, 1.165) is 39.5 Å². The lowest BCUT2D eigenvalue weighted by atomic mass is 10.0. The van der Waals surface area contributed by atoms with E-state index in [-0.39, 0.29) is 17.5 Å². The summed E-state index contributed by atoms with van der Waals surface area (Å²) in [6, 6.07) is 12.3. The molecule has 2 N–H and O–H groups in total. The number of fused-ring (bicyclic) bond motifs is 1. The van der Waals surface area contributed by atoms with Crippen molar-refractivity contribution in [2.45, 2.75) is 18.9 Å². The maximum Gasteiger partial charge on any atom is 0.284 e. The molecule has 5 heterocycles. The van der Waals surface area contributed by atoms with Gasteiger partial charge in [-0.3, -0.25) is 14.4 Å². The first kappa shape index (κ1) is 23.3. The SMILES string of the molecule is CONC(=O)c1ccc(-c2cnc([C@@H]3CCc4cc(-c5cc(Cl)ccc5-n5cnnn5)cc(=O)n43)[nH]2)s1. The second kappa shape index (κ2) is 9.39. The van der Waals surface area contributed by atoms with Crippen LogP contribution in [-0.4, -0.2) is 47.8 Å². The summed E-state index contributed by atoms with van der Waals surface area (Å²) in [4.78, 5) is 39.4. The van der Waals surface area contributed by atoms with E-state index in [1.54, 1.807) is 39.7 Å². The molecule has 5 aromatic rings. The average molecular weight is 535 g/mol. The van der Waals surface area contributed by atoms with Gasteiger partial charge in [-0.05, 0) is 65.2 Å². The molecule has 1 amide bonds. The predicted molar refractivity (Wildman–Crippen MR) is 137 cm³/mol. The highest BCUT2D eigenvalue weighted by molar-refractivity contribution is 7.17. The number of imidazole rings is 1. The minimum absolute atomic E-state index is 0.134. The van der Waals surface area contributed by atoms with Gasteiger partial charge < -0.3 is 9.55 Å². The maximum atomic E-state index is 13.4. The molecule has 0 radical (unpaired) electrons. The zero-order valence-corrected chi connectivity index (χ0v) is 21.0. The lowest BCUT2D eigenvalue weighted by Gasteiger charge is -2.15. The number of aromatic nitrogens is 7. The molecule has 1 aliphatic rings. The number of amides is 1. The molecule has 4 aromatic heterocycles. The van der Waals surface area contributed by atoms with Crippen LogP contribution in [0.3, 0.4) is 0 Å². The van der Waals surface area contributed by atoms with Crippen LogP contribution in [-0.2, 0) is 11.3 Å². The Balaban J connectivity index is 1.33. The first-order valence-corrected chi connectivity index (χ1v) is 12.5. The summed E-state index contributed by atoms with van der Waals surface area (Å²) in [6.45, 7) is 0. The Labute approximate surface area is 218 Å². The number of hydroxylamine groups is 1. The molecule has 1 aromatic carbocycles. The number of hydrogen-bond donors (Lipinski definition) is 2. The summed E-state index contributed by atoms with van der Waals surface area (Å²) in [5, 5.41) is 12.0. The van der Waals surface area contributed by atoms with E-state index in [9.17, 15) is 9.59 Å². The van der Waals surface area contributed by atoms with E-state index in [0.29, 0.717) is 22.1 Å². The fourth-order valence-electron chi connectivity index (χ4n) is 4.60. The Morgan fingerprint density at radius 2 is 2.14 bits per heavy atom. The van der Waals surface area contributed by atoms with Crippen LogP contribution in [0.4, 0.5) is 0 Å². The summed E-state index contributed by atoms with van der Waals surface area (Å²) in [5.74, 6) is 0.380. The number of aryl methyl sites for hydroxylation is 1. The van der Waals surface area contributed by atoms with Crippen molar-refractivity contribution in [2.24, 2.45) is 0 Å². The van der Waals surface area contributed by atoms with Crippen molar-refractivity contribution < 1.29 is 9.63 Å². The van der Waals surface area contributed by atoms with Crippen LogP contribution in [0.5, 0.6) is 0 Å². The number of halogens is 1. The van der Waals surface area contributed by atoms with Crippen molar-refractivity contribution >= 4 is 28.8 Å². The number of carbonyl (C=O) groups is 1. The molecule has 13 heteroatoms. The van der Waals surface area contributed by atoms with Crippen molar-refractivity contribution in [3.05, 3.63) is 86.8 Å². The maximum absolute atomic E-state index is 13.4. The van der Waals surface area contributed by atoms with E-state index in [4.69, 9.17) is 16.4 Å². The van der Waals surface area contributed by atoms with E-state index in [1.807, 2.05) is 18.2 Å². The molecule has 6 rings (SSSR count). The normalized spacial score (nSPS) is 14.6. The largest absolute Gasteiger partial charge is 0.340 e. The molecule has 0 aliphatic carbocycles. The van der Waals surface area contributed by atoms with Gasteiger partial charge in [0.15, 0.2) is 0 Å². The van der Waals surface area contributed by atoms with Gasteiger partial charge in [-0.2, -0.15) is 4.68 Å². The Morgan fingerprint density at radius 3 is 2.95 bits per heavy atom. The van der Waals surface area contributed by atoms with Crippen LogP contribution in [0.2, 0.25) is 5.02 Å². The number of nitrogens with one attached hydrogen (secondary N) is 2. The lowest BCUT2D eigenvalue weighted by molar-refractivity contribution is 0.0542. The zero-order valence-electron chi connectivity index (χ0n) is 19.4. The minimum Gasteiger partial charge on any atom is -0.340 e. The average Bonchev–Trinajstić information content (AvgIpc) is 3.69. The second-order valence-corrected chi connectivity index (χ2v) is 9.92. The number of benzene rings is 1. The van der Waals surface area contributed by atoms with Crippen molar-refractivity contribution in [1.29, 1.82) is 0 Å². The fourth-order valence-corrected chi connectivity index (χ4v) is 5.63. The van der Waals surface area contributed by atoms with Crippen molar-refractivity contribution in [1.82, 2.24) is 40.2 Å². The molecule has 0 bridgehead atoms. The predicted octanol–water partition coefficient (Wildman–Crippen LogP) is 3.42. The molecule has 0 unspecified atom stereocenters. The van der Waals surface area contributed by atoms with Crippen LogP contribution in [0.15, 0.2) is 59.8 Å². The third kappa shape index (κ3) is 4.24. The van der Waals surface area contributed by atoms with Crippen molar-refractivity contribution in [3.8, 4) is 27.4 Å². The highest BCUT2D eigenvalue weighted by Gasteiger charge is 2.28. The van der Waals surface area contributed by atoms with Gasteiger partial charge in [0.1, 0.15) is 12.2 Å². The van der Waals surface area contributed by atoms with Gasteiger partial charge in [0.05, 0.1) is 40.5 Å². The highest BCUT2D eigenvalue weighted by Crippen LogP contribution is 2.35. The molecule has 1 atom stereocenters. The molecule has 0 spiro atoms. The van der Waals surface area contributed by atoms with Crippen LogP contribution >= 0.6 is 22.9 Å². The number of tetrazole rings is 1. The second-order valence-electron chi connectivity index (χ2n) is 8.40. The Morgan fingerprint density at radius 1 is 1.24 bits per heavy atom. The fraction of sp³-hybridized carbons (Fsp3) is 0.167. The molecular weight excluding hydrogens is 516 g/mol. The van der Waals surface area contributed by atoms with E-state index in [1.165, 1.54) is 24.8 Å². The molecule has 0 saturated carbocycles. The highest BCUT2D eigenvalue weighted by atomic mass is 35.5. The summed E-state index contributed by atoms with van der Waals surface area (Å²) >= 11 is 7.61. The van der Waals surface area contributed by atoms with Gasteiger partial charge in [0.25, 0.3) is 11.5 Å². The monoisotopic (exact) mass is 534 g/mol. The Hall–Kier alpha value is -4.13. The van der Waals surface area contributed by atoms with Crippen molar-refractivity contribution in [3.63, 3.8) is 0 Å². The van der Waals surface area contributed by atoms with Gasteiger partial charge >= 0.3 is 0 Å². The number of carbonyl (C=O) groups excluding carboxylic acids is 1. The Bertz CT molecular complexity index is 1670. The first-order valence-electron chi connectivity index (χ1n) is 11.3. The number of thiophene rings is 1. The minimum atomic E-state index is -0.312. The molecular formula is C24H19ClN8O3S. The number of H-pyrrole nitrogens is 1. The van der Waals surface area contributed by atoms with Crippen LogP contribution in [0, 0.1) is 0 Å². The van der Waals surface area contributed by atoms with Gasteiger partial charge in [-0.15, -0.1) is 16.4 Å². The van der Waals surface area contributed by atoms with Crippen LogP contribution in [0.25, 0.3) is 27.4 Å². The summed E-state index contributed by atoms with van der Waals surface area (Å²) < 4.78 is 3.32. The standard InChI is InChI=1S/C24H19ClN8O3S/c1-36-29-24(35)21-7-6-20(37-21)17-11-26-23(28-17)19-5-3-15-8-13(9-22(34)33(15)19)16-10-14(25)2-4-18(16)32-12-27-30-31-32/h2,4,6-12,19H,3,5H2,1H3,(H,26,28)(H,29,35)/t19-/m0/s1. The van der Waals surface area contributed by atoms with Gasteiger partial charge in [-0.1, -0.05) is 11.6 Å². The molecule has 1 aliphatic heterocycles. The third-order valence-corrected chi connectivity index (χ3v) is 7.55. The van der Waals surface area contributed by atoms with Gasteiger partial charge in [-0.25, -0.2) is 10.5 Å². The van der Waals surface area contributed by atoms with Crippen LogP contribution < -0.4 is 11.0 Å². The van der Waals surface area contributed by atoms with Crippen molar-refractivity contribution in [2.75, 3.05) is 7.11 Å². The topological polar surface area (TPSA) is 133 Å². The Kier molecular flexibility index (Phi) is 5.91. The molecule has 186 valence electrons. The number of nitrogens with zero attached hydrogens (tertiary/aromatic N) is 6. The third-order valence-electron chi connectivity index (χ3n) is 6.20. The van der Waals surface area contributed by atoms with Gasteiger partial charge in [0.2, 0.25) is 0 Å². The first-order chi connectivity index (χ1) is 18.0. The van der Waals surface area contributed by atoms with Crippen LogP contribution in [0.1, 0.15) is 33.7 Å². The molecule has 11 nitrogen and oxygen atoms in total. The van der Waals surface area contributed by atoms with E-state index < -0.39 is 0 Å². The number of pyridine rings is 1. The number of aromatic amines is 1. The quantitative estimate of drug-likeness (QED) is 0.319. The summed E-state index contributed by atoms with van der Waals surface area (Å²) in [7, 11) is 1.39. The molecule has 37 heavy (non-hydrogen) atoms. The van der Waals surface area contributed by atoms with Gasteiger partial charge in [0, 0.05) is 22.3 Å². The lowest BCUT2D eigenvalue weighted by Crippen LogP contribution is -2.23. The number of hydrogen-bond acceptors (Lipinski definition) is 8. The zero-order chi connectivity index (χ0) is 25.5. The number of rotatable bonds is 6. The summed E-state index contributed by atoms with van der Waals surface area (Å²) in [6.07, 6.45) is 4.66. The molecule has 0 saturated heterocycles. The smallest absolute Gasteiger partial charge is 0.284 e. The summed E-state index contributed by atoms with van der Waals surface area (Å²) in [5.41, 5.74) is 6.08. The van der Waals surface area contributed by atoms with E-state index >= 15 is 0 Å². The molecule has 0 fully saturated rings. The van der Waals surface area contributed by atoms with E-state index in [2.05, 4.69) is 31.0 Å².